The number of rotatable bonds is 7. The third-order valence-corrected chi connectivity index (χ3v) is 4.56. The molecule has 1 N–H and O–H groups in total. The number of sulfonamides is 1. The quantitative estimate of drug-likeness (QED) is 0.785. The third kappa shape index (κ3) is 4.83. The predicted molar refractivity (Wildman–Crippen MR) is 82.7 cm³/mol. The van der Waals surface area contributed by atoms with Crippen LogP contribution >= 0.6 is 11.6 Å². The maximum atomic E-state index is 14.0. The van der Waals surface area contributed by atoms with Crippen molar-refractivity contribution < 1.29 is 12.8 Å². The second-order valence-electron chi connectivity index (χ2n) is 4.83. The van der Waals surface area contributed by atoms with Crippen LogP contribution in [0, 0.1) is 5.82 Å². The van der Waals surface area contributed by atoms with Crippen molar-refractivity contribution in [2.75, 3.05) is 28.3 Å². The van der Waals surface area contributed by atoms with Gasteiger partial charge >= 0.3 is 0 Å². The number of hydrogen-bond donors (Lipinski definition) is 1. The van der Waals surface area contributed by atoms with Gasteiger partial charge in [-0.15, -0.1) is 11.6 Å². The number of halogens is 2. The van der Waals surface area contributed by atoms with Crippen molar-refractivity contribution >= 4 is 33.0 Å². The minimum absolute atomic E-state index is 0.0776. The van der Waals surface area contributed by atoms with Gasteiger partial charge in [0, 0.05) is 25.0 Å². The van der Waals surface area contributed by atoms with Gasteiger partial charge in [0.2, 0.25) is 10.0 Å². The molecule has 0 radical (unpaired) electrons. The summed E-state index contributed by atoms with van der Waals surface area (Å²) in [5, 5.41) is 0. The molecule has 0 heterocycles. The van der Waals surface area contributed by atoms with Crippen LogP contribution in [-0.4, -0.2) is 33.1 Å². The van der Waals surface area contributed by atoms with Crippen LogP contribution in [-0.2, 0) is 10.0 Å². The SMILES string of the molecule is CC(C)N(C)c1ccc(NS(=O)(=O)CCCCl)cc1F. The molecule has 1 rings (SSSR count). The van der Waals surface area contributed by atoms with Gasteiger partial charge < -0.3 is 4.90 Å². The van der Waals surface area contributed by atoms with Crippen LogP contribution in [0.3, 0.4) is 0 Å². The summed E-state index contributed by atoms with van der Waals surface area (Å²) in [5.41, 5.74) is 0.654. The summed E-state index contributed by atoms with van der Waals surface area (Å²) in [6, 6.07) is 4.45. The molecule has 0 unspecified atom stereocenters. The molecule has 114 valence electrons. The first-order valence-electron chi connectivity index (χ1n) is 6.35. The Morgan fingerprint density at radius 3 is 2.55 bits per heavy atom. The van der Waals surface area contributed by atoms with Gasteiger partial charge in [0.05, 0.1) is 17.1 Å². The van der Waals surface area contributed by atoms with Gasteiger partial charge in [0.15, 0.2) is 0 Å². The van der Waals surface area contributed by atoms with Gasteiger partial charge in [-0.05, 0) is 32.4 Å². The Morgan fingerprint density at radius 2 is 2.05 bits per heavy atom. The van der Waals surface area contributed by atoms with Crippen molar-refractivity contribution in [2.45, 2.75) is 26.3 Å². The smallest absolute Gasteiger partial charge is 0.232 e. The van der Waals surface area contributed by atoms with Gasteiger partial charge in [0.25, 0.3) is 0 Å². The fourth-order valence-corrected chi connectivity index (χ4v) is 3.01. The maximum absolute atomic E-state index is 14.0. The van der Waals surface area contributed by atoms with E-state index < -0.39 is 15.8 Å². The van der Waals surface area contributed by atoms with E-state index in [0.717, 1.165) is 0 Å². The molecule has 0 fully saturated rings. The standard InChI is InChI=1S/C13H20ClFN2O2S/c1-10(2)17(3)13-6-5-11(9-12(13)15)16-20(18,19)8-4-7-14/h5-6,9-10,16H,4,7-8H2,1-3H3. The summed E-state index contributed by atoms with van der Waals surface area (Å²) in [5.74, 6) is -0.266. The van der Waals surface area contributed by atoms with E-state index in [2.05, 4.69) is 4.72 Å². The van der Waals surface area contributed by atoms with Crippen LogP contribution < -0.4 is 9.62 Å². The number of anilines is 2. The maximum Gasteiger partial charge on any atom is 0.232 e. The Balaban J connectivity index is 2.88. The molecule has 0 bridgehead atoms. The van der Waals surface area contributed by atoms with E-state index in [0.29, 0.717) is 12.1 Å². The van der Waals surface area contributed by atoms with Gasteiger partial charge in [-0.3, -0.25) is 4.72 Å². The Morgan fingerprint density at radius 1 is 1.40 bits per heavy atom. The highest BCUT2D eigenvalue weighted by Crippen LogP contribution is 2.24. The monoisotopic (exact) mass is 322 g/mol. The molecule has 0 amide bonds. The molecule has 20 heavy (non-hydrogen) atoms. The van der Waals surface area contributed by atoms with E-state index in [1.54, 1.807) is 24.1 Å². The van der Waals surface area contributed by atoms with Crippen LogP contribution in [0.4, 0.5) is 15.8 Å². The largest absolute Gasteiger partial charge is 0.370 e. The molecule has 0 aliphatic rings. The normalized spacial score (nSPS) is 11.7. The highest BCUT2D eigenvalue weighted by Gasteiger charge is 2.14. The molecular formula is C13H20ClFN2O2S. The molecule has 0 saturated heterocycles. The van der Waals surface area contributed by atoms with Crippen molar-refractivity contribution in [3.8, 4) is 0 Å². The fourth-order valence-electron chi connectivity index (χ4n) is 1.61. The average molecular weight is 323 g/mol. The summed E-state index contributed by atoms with van der Waals surface area (Å²) in [4.78, 5) is 1.78. The molecule has 0 aliphatic carbocycles. The molecular weight excluding hydrogens is 303 g/mol. The van der Waals surface area contributed by atoms with Crippen LogP contribution in [0.15, 0.2) is 18.2 Å². The Kier molecular flexibility index (Phi) is 6.07. The van der Waals surface area contributed by atoms with Crippen LogP contribution in [0.25, 0.3) is 0 Å². The Hall–Kier alpha value is -1.01. The van der Waals surface area contributed by atoms with Crippen LogP contribution in [0.2, 0.25) is 0 Å². The molecule has 7 heteroatoms. The number of nitrogens with zero attached hydrogens (tertiary/aromatic N) is 1. The van der Waals surface area contributed by atoms with Crippen molar-refractivity contribution in [2.24, 2.45) is 0 Å². The van der Waals surface area contributed by atoms with E-state index in [1.807, 2.05) is 13.8 Å². The zero-order chi connectivity index (χ0) is 15.3. The van der Waals surface area contributed by atoms with Gasteiger partial charge in [0.1, 0.15) is 5.82 Å². The van der Waals surface area contributed by atoms with E-state index in [4.69, 9.17) is 11.6 Å². The summed E-state index contributed by atoms with van der Waals surface area (Å²) >= 11 is 5.46. The lowest BCUT2D eigenvalue weighted by atomic mass is 10.2. The molecule has 1 aromatic carbocycles. The van der Waals surface area contributed by atoms with E-state index in [9.17, 15) is 12.8 Å². The van der Waals surface area contributed by atoms with Crippen LogP contribution in [0.5, 0.6) is 0 Å². The van der Waals surface area contributed by atoms with Crippen LogP contribution in [0.1, 0.15) is 20.3 Å². The first-order chi connectivity index (χ1) is 9.26. The topological polar surface area (TPSA) is 49.4 Å². The predicted octanol–water partition coefficient (Wildman–Crippen LogP) is 3.04. The van der Waals surface area contributed by atoms with E-state index >= 15 is 0 Å². The first kappa shape index (κ1) is 17.0. The average Bonchev–Trinajstić information content (AvgIpc) is 2.35. The zero-order valence-corrected chi connectivity index (χ0v) is 13.4. The highest BCUT2D eigenvalue weighted by atomic mass is 35.5. The van der Waals surface area contributed by atoms with Crippen molar-refractivity contribution in [1.29, 1.82) is 0 Å². The summed E-state index contributed by atoms with van der Waals surface area (Å²) in [6.07, 6.45) is 0.355. The van der Waals surface area contributed by atoms with Gasteiger partial charge in [-0.1, -0.05) is 0 Å². The number of benzene rings is 1. The summed E-state index contributed by atoms with van der Waals surface area (Å²) in [6.45, 7) is 3.89. The lowest BCUT2D eigenvalue weighted by Gasteiger charge is -2.24. The molecule has 0 spiro atoms. The molecule has 0 saturated carbocycles. The van der Waals surface area contributed by atoms with Gasteiger partial charge in [-0.25, -0.2) is 12.8 Å². The van der Waals surface area contributed by atoms with Gasteiger partial charge in [-0.2, -0.15) is 0 Å². The van der Waals surface area contributed by atoms with E-state index in [-0.39, 0.29) is 23.4 Å². The first-order valence-corrected chi connectivity index (χ1v) is 8.54. The zero-order valence-electron chi connectivity index (χ0n) is 11.9. The lowest BCUT2D eigenvalue weighted by Crippen LogP contribution is -2.26. The highest BCUT2D eigenvalue weighted by molar-refractivity contribution is 7.92. The molecule has 0 aliphatic heterocycles. The second kappa shape index (κ2) is 7.13. The minimum Gasteiger partial charge on any atom is -0.370 e. The third-order valence-electron chi connectivity index (χ3n) is 2.92. The van der Waals surface area contributed by atoms with Crippen molar-refractivity contribution in [1.82, 2.24) is 0 Å². The summed E-state index contributed by atoms with van der Waals surface area (Å²) < 4.78 is 39.7. The molecule has 4 nitrogen and oxygen atoms in total. The minimum atomic E-state index is -3.48. The number of hydrogen-bond acceptors (Lipinski definition) is 3. The van der Waals surface area contributed by atoms with Crippen molar-refractivity contribution in [3.05, 3.63) is 24.0 Å². The number of nitrogens with one attached hydrogen (secondary N) is 1. The lowest BCUT2D eigenvalue weighted by molar-refractivity contribution is 0.599. The molecule has 0 atom stereocenters. The molecule has 1 aromatic rings. The van der Waals surface area contributed by atoms with E-state index in [1.165, 1.54) is 6.07 Å². The van der Waals surface area contributed by atoms with Crippen molar-refractivity contribution in [3.63, 3.8) is 0 Å². The Labute approximate surface area is 125 Å². The fraction of sp³-hybridized carbons (Fsp3) is 0.538. The number of alkyl halides is 1. The second-order valence-corrected chi connectivity index (χ2v) is 7.05. The Bertz CT molecular complexity index is 549. The summed E-state index contributed by atoms with van der Waals surface area (Å²) in [7, 11) is -1.69. The molecule has 0 aromatic heterocycles.